The maximum Gasteiger partial charge on any atom is 0.234 e. The van der Waals surface area contributed by atoms with E-state index in [2.05, 4.69) is 29.0 Å². The molecule has 1 aromatic rings. The van der Waals surface area contributed by atoms with E-state index in [1.165, 1.54) is 36.1 Å². The molecule has 0 spiro atoms. The topological polar surface area (TPSA) is 41.1 Å². The molecular weight excluding hydrogens is 268 g/mol. The number of hydrogen-bond acceptors (Lipinski definition) is 3. The first kappa shape index (κ1) is 15.5. The van der Waals surface area contributed by atoms with Gasteiger partial charge in [0.05, 0.1) is 6.54 Å². The van der Waals surface area contributed by atoms with Crippen LogP contribution in [0.15, 0.2) is 11.4 Å². The van der Waals surface area contributed by atoms with Crippen LogP contribution in [0.3, 0.4) is 0 Å². The standard InChI is InChI=1S/C16H26N2OS/c1-2-13-9-10-20-15(13)11-17-12-16(19)18-14-7-5-3-4-6-8-14/h9-10,14,17H,2-8,11-12H2,1H3,(H,18,19). The van der Waals surface area contributed by atoms with Gasteiger partial charge in [0.25, 0.3) is 0 Å². The summed E-state index contributed by atoms with van der Waals surface area (Å²) in [6.45, 7) is 3.40. The van der Waals surface area contributed by atoms with Crippen LogP contribution >= 0.6 is 11.3 Å². The zero-order valence-electron chi connectivity index (χ0n) is 12.4. The summed E-state index contributed by atoms with van der Waals surface area (Å²) in [4.78, 5) is 13.3. The first-order valence-corrected chi connectivity index (χ1v) is 8.73. The van der Waals surface area contributed by atoms with Crippen LogP contribution in [0.5, 0.6) is 0 Å². The highest BCUT2D eigenvalue weighted by molar-refractivity contribution is 7.10. The fourth-order valence-corrected chi connectivity index (χ4v) is 3.77. The quantitative estimate of drug-likeness (QED) is 0.791. The van der Waals surface area contributed by atoms with Crippen molar-refractivity contribution in [1.29, 1.82) is 0 Å². The van der Waals surface area contributed by atoms with Gasteiger partial charge in [-0.25, -0.2) is 0 Å². The van der Waals surface area contributed by atoms with Crippen LogP contribution in [0, 0.1) is 0 Å². The second-order valence-corrected chi connectivity index (χ2v) is 6.58. The highest BCUT2D eigenvalue weighted by Gasteiger charge is 2.14. The molecule has 1 aliphatic rings. The average molecular weight is 294 g/mol. The highest BCUT2D eigenvalue weighted by atomic mass is 32.1. The Balaban J connectivity index is 1.67. The van der Waals surface area contributed by atoms with Gasteiger partial charge in [0.2, 0.25) is 5.91 Å². The molecule has 0 aromatic carbocycles. The van der Waals surface area contributed by atoms with Gasteiger partial charge < -0.3 is 10.6 Å². The summed E-state index contributed by atoms with van der Waals surface area (Å²) < 4.78 is 0. The van der Waals surface area contributed by atoms with Gasteiger partial charge in [0.15, 0.2) is 0 Å². The molecule has 1 saturated carbocycles. The lowest BCUT2D eigenvalue weighted by Gasteiger charge is -2.16. The third-order valence-electron chi connectivity index (χ3n) is 4.01. The smallest absolute Gasteiger partial charge is 0.234 e. The van der Waals surface area contributed by atoms with Crippen LogP contribution in [-0.2, 0) is 17.8 Å². The number of carbonyl (C=O) groups is 1. The Morgan fingerprint density at radius 1 is 1.30 bits per heavy atom. The zero-order chi connectivity index (χ0) is 14.2. The van der Waals surface area contributed by atoms with Crippen LogP contribution in [0.4, 0.5) is 0 Å². The molecule has 4 heteroatoms. The van der Waals surface area contributed by atoms with E-state index in [0.29, 0.717) is 12.6 Å². The maximum absolute atomic E-state index is 11.9. The highest BCUT2D eigenvalue weighted by Crippen LogP contribution is 2.17. The first-order chi connectivity index (χ1) is 9.79. The molecule has 2 N–H and O–H groups in total. The largest absolute Gasteiger partial charge is 0.352 e. The van der Waals surface area contributed by atoms with E-state index in [1.54, 1.807) is 11.3 Å². The van der Waals surface area contributed by atoms with Crippen molar-refractivity contribution in [3.05, 3.63) is 21.9 Å². The van der Waals surface area contributed by atoms with Gasteiger partial charge in [-0.15, -0.1) is 11.3 Å². The second-order valence-electron chi connectivity index (χ2n) is 5.58. The predicted molar refractivity (Wildman–Crippen MR) is 85.0 cm³/mol. The number of thiophene rings is 1. The molecule has 0 aliphatic heterocycles. The van der Waals surface area contributed by atoms with Gasteiger partial charge in [0, 0.05) is 17.5 Å². The summed E-state index contributed by atoms with van der Waals surface area (Å²) in [5, 5.41) is 8.56. The van der Waals surface area contributed by atoms with Crippen LogP contribution < -0.4 is 10.6 Å². The molecule has 1 fully saturated rings. The molecule has 1 heterocycles. The van der Waals surface area contributed by atoms with Crippen molar-refractivity contribution in [3.63, 3.8) is 0 Å². The van der Waals surface area contributed by atoms with Crippen molar-refractivity contribution in [2.45, 2.75) is 64.5 Å². The SMILES string of the molecule is CCc1ccsc1CNCC(=O)NC1CCCCCC1. The minimum atomic E-state index is 0.145. The molecule has 0 bridgehead atoms. The van der Waals surface area contributed by atoms with E-state index in [0.717, 1.165) is 25.8 Å². The molecule has 1 aromatic heterocycles. The monoisotopic (exact) mass is 294 g/mol. The average Bonchev–Trinajstić information content (AvgIpc) is 2.74. The Labute approximate surface area is 126 Å². The number of rotatable bonds is 6. The summed E-state index contributed by atoms with van der Waals surface area (Å²) in [6.07, 6.45) is 8.52. The lowest BCUT2D eigenvalue weighted by atomic mass is 10.1. The zero-order valence-corrected chi connectivity index (χ0v) is 13.2. The van der Waals surface area contributed by atoms with Crippen molar-refractivity contribution in [2.24, 2.45) is 0 Å². The van der Waals surface area contributed by atoms with Gasteiger partial charge in [-0.3, -0.25) is 4.79 Å². The fourth-order valence-electron chi connectivity index (χ4n) is 2.83. The molecule has 0 saturated heterocycles. The third kappa shape index (κ3) is 4.91. The van der Waals surface area contributed by atoms with Gasteiger partial charge in [-0.1, -0.05) is 32.6 Å². The van der Waals surface area contributed by atoms with E-state index >= 15 is 0 Å². The van der Waals surface area contributed by atoms with Crippen molar-refractivity contribution in [2.75, 3.05) is 6.54 Å². The number of carbonyl (C=O) groups excluding carboxylic acids is 1. The van der Waals surface area contributed by atoms with Gasteiger partial charge in [-0.2, -0.15) is 0 Å². The lowest BCUT2D eigenvalue weighted by molar-refractivity contribution is -0.121. The Kier molecular flexibility index (Phi) is 6.54. The Morgan fingerprint density at radius 3 is 2.75 bits per heavy atom. The third-order valence-corrected chi connectivity index (χ3v) is 4.97. The van der Waals surface area contributed by atoms with E-state index in [1.807, 2.05) is 0 Å². The second kappa shape index (κ2) is 8.42. The summed E-state index contributed by atoms with van der Waals surface area (Å²) in [7, 11) is 0. The molecular formula is C16H26N2OS. The summed E-state index contributed by atoms with van der Waals surface area (Å²) in [5.74, 6) is 0.145. The van der Waals surface area contributed by atoms with Gasteiger partial charge >= 0.3 is 0 Å². The van der Waals surface area contributed by atoms with Crippen LogP contribution in [0.2, 0.25) is 0 Å². The molecule has 1 aliphatic carbocycles. The van der Waals surface area contributed by atoms with E-state index < -0.39 is 0 Å². The van der Waals surface area contributed by atoms with E-state index in [4.69, 9.17) is 0 Å². The molecule has 0 radical (unpaired) electrons. The van der Waals surface area contributed by atoms with Crippen LogP contribution in [0.25, 0.3) is 0 Å². The minimum absolute atomic E-state index is 0.145. The molecule has 20 heavy (non-hydrogen) atoms. The van der Waals surface area contributed by atoms with Gasteiger partial charge in [0.1, 0.15) is 0 Å². The maximum atomic E-state index is 11.9. The van der Waals surface area contributed by atoms with Crippen molar-refractivity contribution in [1.82, 2.24) is 10.6 Å². The van der Waals surface area contributed by atoms with Crippen molar-refractivity contribution in [3.8, 4) is 0 Å². The Morgan fingerprint density at radius 2 is 2.05 bits per heavy atom. The lowest BCUT2D eigenvalue weighted by Crippen LogP contribution is -2.40. The molecule has 0 atom stereocenters. The summed E-state index contributed by atoms with van der Waals surface area (Å²) in [5.41, 5.74) is 1.40. The summed E-state index contributed by atoms with van der Waals surface area (Å²) >= 11 is 1.77. The molecule has 112 valence electrons. The van der Waals surface area contributed by atoms with Crippen LogP contribution in [0.1, 0.15) is 55.9 Å². The Bertz CT molecular complexity index is 408. The molecule has 2 rings (SSSR count). The number of nitrogens with one attached hydrogen (secondary N) is 2. The minimum Gasteiger partial charge on any atom is -0.352 e. The molecule has 0 unspecified atom stereocenters. The molecule has 3 nitrogen and oxygen atoms in total. The van der Waals surface area contributed by atoms with Crippen molar-refractivity contribution >= 4 is 17.2 Å². The number of hydrogen-bond donors (Lipinski definition) is 2. The normalized spacial score (nSPS) is 16.9. The van der Waals surface area contributed by atoms with Gasteiger partial charge in [-0.05, 0) is 36.3 Å². The Hall–Kier alpha value is -0.870. The molecule has 1 amide bonds. The van der Waals surface area contributed by atoms with E-state index in [-0.39, 0.29) is 5.91 Å². The van der Waals surface area contributed by atoms with E-state index in [9.17, 15) is 4.79 Å². The van der Waals surface area contributed by atoms with Crippen molar-refractivity contribution < 1.29 is 4.79 Å². The number of aryl methyl sites for hydroxylation is 1. The summed E-state index contributed by atoms with van der Waals surface area (Å²) in [6, 6.07) is 2.58. The predicted octanol–water partition coefficient (Wildman–Crippen LogP) is 3.24. The fraction of sp³-hybridized carbons (Fsp3) is 0.688. The van der Waals surface area contributed by atoms with Crippen LogP contribution in [-0.4, -0.2) is 18.5 Å². The number of amides is 1. The first-order valence-electron chi connectivity index (χ1n) is 7.85.